The van der Waals surface area contributed by atoms with Crippen LogP contribution in [0.4, 0.5) is 0 Å². The van der Waals surface area contributed by atoms with Crippen LogP contribution in [0.1, 0.15) is 65.3 Å². The molecule has 1 unspecified atom stereocenters. The van der Waals surface area contributed by atoms with Gasteiger partial charge in [0.25, 0.3) is 5.91 Å². The lowest BCUT2D eigenvalue weighted by Crippen LogP contribution is -2.27. The minimum atomic E-state index is -0.106. The van der Waals surface area contributed by atoms with Gasteiger partial charge >= 0.3 is 0 Å². The summed E-state index contributed by atoms with van der Waals surface area (Å²) in [5.74, 6) is 2.00. The van der Waals surface area contributed by atoms with E-state index in [2.05, 4.69) is 38.2 Å². The molecule has 32 heavy (non-hydrogen) atoms. The highest BCUT2D eigenvalue weighted by Crippen LogP contribution is 2.32. The summed E-state index contributed by atoms with van der Waals surface area (Å²) in [6.45, 7) is 8.37. The molecule has 0 aromatic heterocycles. The number of benzene rings is 3. The van der Waals surface area contributed by atoms with E-state index in [9.17, 15) is 4.79 Å². The fraction of sp³-hybridized carbons (Fsp3) is 0.296. The number of nitrogens with one attached hydrogen (secondary N) is 1. The van der Waals surface area contributed by atoms with Crippen molar-refractivity contribution in [2.24, 2.45) is 0 Å². The summed E-state index contributed by atoms with van der Waals surface area (Å²) in [5.41, 5.74) is 5.19. The topological polar surface area (TPSA) is 38.3 Å². The molecule has 0 aliphatic heterocycles. The second kappa shape index (κ2) is 10.9. The van der Waals surface area contributed by atoms with E-state index in [1.54, 1.807) is 18.9 Å². The third-order valence-corrected chi connectivity index (χ3v) is 6.82. The molecule has 0 saturated carbocycles. The second-order valence-electron chi connectivity index (χ2n) is 8.24. The molecule has 3 nitrogen and oxygen atoms in total. The minimum absolute atomic E-state index is 0.0734. The predicted octanol–water partition coefficient (Wildman–Crippen LogP) is 7.56. The fourth-order valence-corrected chi connectivity index (χ4v) is 4.60. The molecule has 0 radical (unpaired) electrons. The van der Waals surface area contributed by atoms with Crippen molar-refractivity contribution >= 4 is 29.3 Å². The van der Waals surface area contributed by atoms with E-state index in [0.29, 0.717) is 11.5 Å². The van der Waals surface area contributed by atoms with Gasteiger partial charge in [0.15, 0.2) is 0 Å². The molecule has 168 valence electrons. The van der Waals surface area contributed by atoms with Crippen LogP contribution in [0.2, 0.25) is 5.02 Å². The van der Waals surface area contributed by atoms with Gasteiger partial charge in [0, 0.05) is 21.2 Å². The van der Waals surface area contributed by atoms with Crippen LogP contribution < -0.4 is 10.1 Å². The van der Waals surface area contributed by atoms with Gasteiger partial charge in [0.05, 0.1) is 13.2 Å². The Bertz CT molecular complexity index is 1060. The summed E-state index contributed by atoms with van der Waals surface area (Å²) in [4.78, 5) is 14.0. The van der Waals surface area contributed by atoms with Crippen LogP contribution in [0.5, 0.6) is 5.75 Å². The summed E-state index contributed by atoms with van der Waals surface area (Å²) in [6, 6.07) is 19.7. The number of ether oxygens (including phenoxy) is 1. The van der Waals surface area contributed by atoms with Crippen LogP contribution in [0.15, 0.2) is 65.6 Å². The second-order valence-corrected chi connectivity index (χ2v) is 9.73. The maximum atomic E-state index is 12.9. The highest BCUT2D eigenvalue weighted by molar-refractivity contribution is 7.98. The number of amides is 1. The minimum Gasteiger partial charge on any atom is -0.496 e. The van der Waals surface area contributed by atoms with Gasteiger partial charge in [-0.1, -0.05) is 37.6 Å². The summed E-state index contributed by atoms with van der Waals surface area (Å²) in [6.07, 6.45) is 0. The molecular formula is C27H30ClNO2S. The quantitative estimate of drug-likeness (QED) is 0.347. The summed E-state index contributed by atoms with van der Waals surface area (Å²) < 4.78 is 5.54. The number of thioether (sulfide) groups is 1. The van der Waals surface area contributed by atoms with E-state index in [4.69, 9.17) is 16.3 Å². The van der Waals surface area contributed by atoms with Crippen LogP contribution >= 0.6 is 23.4 Å². The first-order chi connectivity index (χ1) is 15.3. The van der Waals surface area contributed by atoms with Gasteiger partial charge in [-0.25, -0.2) is 0 Å². The number of carbonyl (C=O) groups is 1. The monoisotopic (exact) mass is 467 g/mol. The fourth-order valence-electron chi connectivity index (χ4n) is 3.62. The third-order valence-electron chi connectivity index (χ3n) is 5.49. The van der Waals surface area contributed by atoms with Crippen molar-refractivity contribution in [2.45, 2.75) is 50.3 Å². The van der Waals surface area contributed by atoms with E-state index >= 15 is 0 Å². The molecule has 3 aromatic carbocycles. The molecule has 0 aliphatic rings. The largest absolute Gasteiger partial charge is 0.496 e. The summed E-state index contributed by atoms with van der Waals surface area (Å²) in [5, 5.41) is 3.88. The van der Waals surface area contributed by atoms with E-state index in [1.165, 1.54) is 10.5 Å². The smallest absolute Gasteiger partial charge is 0.251 e. The molecule has 0 aliphatic carbocycles. The molecule has 0 fully saturated rings. The van der Waals surface area contributed by atoms with Crippen LogP contribution in [-0.4, -0.2) is 13.0 Å². The van der Waals surface area contributed by atoms with Gasteiger partial charge < -0.3 is 10.1 Å². The summed E-state index contributed by atoms with van der Waals surface area (Å²) >= 11 is 7.68. The molecule has 0 spiro atoms. The van der Waals surface area contributed by atoms with Crippen molar-refractivity contribution in [1.82, 2.24) is 5.32 Å². The first kappa shape index (κ1) is 24.2. The van der Waals surface area contributed by atoms with Crippen LogP contribution in [-0.2, 0) is 5.75 Å². The van der Waals surface area contributed by atoms with Gasteiger partial charge in [0.1, 0.15) is 5.75 Å². The van der Waals surface area contributed by atoms with E-state index in [-0.39, 0.29) is 11.9 Å². The average Bonchev–Trinajstić information content (AvgIpc) is 2.78. The Morgan fingerprint density at radius 3 is 2.25 bits per heavy atom. The first-order valence-electron chi connectivity index (χ1n) is 10.7. The molecular weight excluding hydrogens is 438 g/mol. The van der Waals surface area contributed by atoms with Crippen molar-refractivity contribution in [2.75, 3.05) is 7.11 Å². The average molecular weight is 468 g/mol. The Morgan fingerprint density at radius 2 is 1.66 bits per heavy atom. The van der Waals surface area contributed by atoms with Crippen LogP contribution in [0.3, 0.4) is 0 Å². The predicted molar refractivity (Wildman–Crippen MR) is 135 cm³/mol. The lowest BCUT2D eigenvalue weighted by atomic mass is 9.93. The first-order valence-corrected chi connectivity index (χ1v) is 12.1. The van der Waals surface area contributed by atoms with E-state index in [0.717, 1.165) is 33.2 Å². The van der Waals surface area contributed by atoms with Crippen molar-refractivity contribution in [3.8, 4) is 5.75 Å². The van der Waals surface area contributed by atoms with Crippen molar-refractivity contribution < 1.29 is 9.53 Å². The molecule has 3 aromatic rings. The van der Waals surface area contributed by atoms with E-state index < -0.39 is 0 Å². The number of hydrogen-bond donors (Lipinski definition) is 1. The Morgan fingerprint density at radius 1 is 1.00 bits per heavy atom. The van der Waals surface area contributed by atoms with E-state index in [1.807, 2.05) is 55.5 Å². The molecule has 0 bridgehead atoms. The molecule has 1 atom stereocenters. The number of rotatable bonds is 8. The lowest BCUT2D eigenvalue weighted by molar-refractivity contribution is 0.0940. The van der Waals surface area contributed by atoms with Crippen LogP contribution in [0, 0.1) is 6.92 Å². The standard InChI is InChI=1S/C27H30ClNO2S/c1-17(2)24-15-25(18(3)14-26(24)31-5)19(4)29-27(30)21-8-6-20(7-9-21)16-32-23-12-10-22(28)11-13-23/h6-15,17,19H,16H2,1-5H3,(H,29,30). The molecule has 1 N–H and O–H groups in total. The normalized spacial score (nSPS) is 12.0. The maximum absolute atomic E-state index is 12.9. The Labute approximate surface area is 200 Å². The lowest BCUT2D eigenvalue weighted by Gasteiger charge is -2.21. The number of carbonyl (C=O) groups excluding carboxylic acids is 1. The molecule has 0 heterocycles. The maximum Gasteiger partial charge on any atom is 0.251 e. The highest BCUT2D eigenvalue weighted by atomic mass is 35.5. The Balaban J connectivity index is 1.65. The van der Waals surface area contributed by atoms with Gasteiger partial charge in [-0.3, -0.25) is 4.79 Å². The SMILES string of the molecule is COc1cc(C)c(C(C)NC(=O)c2ccc(CSc3ccc(Cl)cc3)cc2)cc1C(C)C. The Hall–Kier alpha value is -2.43. The van der Waals surface area contributed by atoms with Crippen molar-refractivity contribution in [1.29, 1.82) is 0 Å². The zero-order valence-corrected chi connectivity index (χ0v) is 20.8. The zero-order valence-electron chi connectivity index (χ0n) is 19.2. The summed E-state index contributed by atoms with van der Waals surface area (Å²) in [7, 11) is 1.70. The van der Waals surface area contributed by atoms with Crippen molar-refractivity contribution in [3.05, 3.63) is 93.5 Å². The molecule has 3 rings (SSSR count). The van der Waals surface area contributed by atoms with Crippen molar-refractivity contribution in [3.63, 3.8) is 0 Å². The molecule has 0 saturated heterocycles. The van der Waals surface area contributed by atoms with Gasteiger partial charge in [-0.15, -0.1) is 11.8 Å². The van der Waals surface area contributed by atoms with Crippen LogP contribution in [0.25, 0.3) is 0 Å². The third kappa shape index (κ3) is 6.08. The number of aryl methyl sites for hydroxylation is 1. The number of methoxy groups -OCH3 is 1. The van der Waals surface area contributed by atoms with Gasteiger partial charge in [-0.05, 0) is 90.6 Å². The molecule has 5 heteroatoms. The number of hydrogen-bond acceptors (Lipinski definition) is 3. The van der Waals surface area contributed by atoms with Gasteiger partial charge in [-0.2, -0.15) is 0 Å². The zero-order chi connectivity index (χ0) is 23.3. The van der Waals surface area contributed by atoms with Gasteiger partial charge in [0.2, 0.25) is 0 Å². The highest BCUT2D eigenvalue weighted by Gasteiger charge is 2.17. The molecule has 1 amide bonds. The Kier molecular flexibility index (Phi) is 8.27. The number of halogens is 1.